The third kappa shape index (κ3) is 4.95. The second-order valence-corrected chi connectivity index (χ2v) is 6.72. The molecular weight excluding hydrogens is 326 g/mol. The minimum absolute atomic E-state index is 0.000769. The quantitative estimate of drug-likeness (QED) is 0.899. The summed E-state index contributed by atoms with van der Waals surface area (Å²) in [6, 6.07) is 10.3. The van der Waals surface area contributed by atoms with E-state index in [2.05, 4.69) is 39.6 Å². The van der Waals surface area contributed by atoms with Gasteiger partial charge in [0.1, 0.15) is 0 Å². The number of urea groups is 1. The van der Waals surface area contributed by atoms with Crippen LogP contribution in [0.1, 0.15) is 24.1 Å². The molecule has 2 heterocycles. The highest BCUT2D eigenvalue weighted by atomic mass is 16.2. The number of benzene rings is 1. The van der Waals surface area contributed by atoms with E-state index < -0.39 is 0 Å². The average Bonchev–Trinajstić information content (AvgIpc) is 3.10. The molecule has 0 aliphatic carbocycles. The Bertz CT molecular complexity index is 732. The Labute approximate surface area is 155 Å². The van der Waals surface area contributed by atoms with Crippen LogP contribution in [0.25, 0.3) is 6.08 Å². The number of nitrogens with zero attached hydrogens (tertiary/aromatic N) is 4. The summed E-state index contributed by atoms with van der Waals surface area (Å²) in [5, 5.41) is 7.22. The van der Waals surface area contributed by atoms with Crippen LogP contribution in [-0.4, -0.2) is 58.3 Å². The number of aromatic nitrogens is 2. The molecule has 26 heavy (non-hydrogen) atoms. The molecule has 0 spiro atoms. The lowest BCUT2D eigenvalue weighted by Crippen LogP contribution is -2.52. The molecule has 1 aromatic carbocycles. The van der Waals surface area contributed by atoms with Crippen LogP contribution >= 0.6 is 0 Å². The van der Waals surface area contributed by atoms with Gasteiger partial charge in [0.15, 0.2) is 0 Å². The van der Waals surface area contributed by atoms with Crippen molar-refractivity contribution in [2.45, 2.75) is 13.0 Å². The van der Waals surface area contributed by atoms with Crippen LogP contribution in [0, 0.1) is 0 Å². The van der Waals surface area contributed by atoms with Crippen molar-refractivity contribution in [1.29, 1.82) is 0 Å². The zero-order valence-corrected chi connectivity index (χ0v) is 15.5. The van der Waals surface area contributed by atoms with Crippen LogP contribution < -0.4 is 5.32 Å². The highest BCUT2D eigenvalue weighted by Gasteiger charge is 2.22. The molecule has 1 N–H and O–H groups in total. The smallest absolute Gasteiger partial charge is 0.317 e. The van der Waals surface area contributed by atoms with Crippen molar-refractivity contribution in [3.8, 4) is 0 Å². The molecule has 1 aliphatic rings. The zero-order chi connectivity index (χ0) is 18.4. The molecule has 1 aliphatic heterocycles. The summed E-state index contributed by atoms with van der Waals surface area (Å²) in [6.45, 7) is 6.20. The first-order valence-corrected chi connectivity index (χ1v) is 9.10. The van der Waals surface area contributed by atoms with E-state index in [1.807, 2.05) is 43.3 Å². The molecule has 0 bridgehead atoms. The molecule has 6 nitrogen and oxygen atoms in total. The van der Waals surface area contributed by atoms with Gasteiger partial charge in [-0.25, -0.2) is 4.79 Å². The Balaban J connectivity index is 1.41. The molecule has 6 heteroatoms. The van der Waals surface area contributed by atoms with Crippen molar-refractivity contribution in [2.75, 3.05) is 32.7 Å². The standard InChI is InChI=1S/C20H27N5O/c1-17(19-15-21-23(2)16-19)22-20(26)25-13-11-24(12-14-25)10-6-9-18-7-4-3-5-8-18/h3-9,15-17H,10-14H2,1-2H3,(H,22,26)/b9-6+/t17-/m0/s1. The van der Waals surface area contributed by atoms with Crippen molar-refractivity contribution in [3.63, 3.8) is 0 Å². The second kappa shape index (κ2) is 8.67. The SMILES string of the molecule is C[C@H](NC(=O)N1CCN(C/C=C/c2ccccc2)CC1)c1cnn(C)c1. The Morgan fingerprint density at radius 1 is 1.23 bits per heavy atom. The molecule has 0 unspecified atom stereocenters. The highest BCUT2D eigenvalue weighted by Crippen LogP contribution is 2.12. The van der Waals surface area contributed by atoms with Crippen LogP contribution in [0.3, 0.4) is 0 Å². The minimum atomic E-state index is -0.0389. The first-order valence-electron chi connectivity index (χ1n) is 9.10. The number of piperazine rings is 1. The van der Waals surface area contributed by atoms with Gasteiger partial charge in [-0.15, -0.1) is 0 Å². The molecule has 138 valence electrons. The fourth-order valence-electron chi connectivity index (χ4n) is 3.06. The first-order chi connectivity index (χ1) is 12.6. The second-order valence-electron chi connectivity index (χ2n) is 6.72. The predicted octanol–water partition coefficient (Wildman–Crippen LogP) is 2.52. The zero-order valence-electron chi connectivity index (χ0n) is 15.5. The van der Waals surface area contributed by atoms with Crippen LogP contribution in [0.15, 0.2) is 48.8 Å². The van der Waals surface area contributed by atoms with E-state index in [-0.39, 0.29) is 12.1 Å². The lowest BCUT2D eigenvalue weighted by Gasteiger charge is -2.34. The number of rotatable bonds is 5. The molecule has 0 saturated carbocycles. The average molecular weight is 353 g/mol. The molecule has 2 amide bonds. The van der Waals surface area contributed by atoms with Gasteiger partial charge in [-0.05, 0) is 12.5 Å². The van der Waals surface area contributed by atoms with Crippen LogP contribution in [0.5, 0.6) is 0 Å². The van der Waals surface area contributed by atoms with Gasteiger partial charge in [-0.2, -0.15) is 5.10 Å². The number of hydrogen-bond acceptors (Lipinski definition) is 3. The fraction of sp³-hybridized carbons (Fsp3) is 0.400. The van der Waals surface area contributed by atoms with Crippen molar-refractivity contribution in [1.82, 2.24) is 24.9 Å². The maximum Gasteiger partial charge on any atom is 0.317 e. The Morgan fingerprint density at radius 2 is 1.96 bits per heavy atom. The number of carbonyl (C=O) groups is 1. The van der Waals surface area contributed by atoms with Crippen LogP contribution in [0.4, 0.5) is 4.79 Å². The van der Waals surface area contributed by atoms with Gasteiger partial charge in [0.2, 0.25) is 0 Å². The van der Waals surface area contributed by atoms with E-state index >= 15 is 0 Å². The van der Waals surface area contributed by atoms with E-state index in [1.165, 1.54) is 5.56 Å². The van der Waals surface area contributed by atoms with E-state index in [9.17, 15) is 4.79 Å². The number of carbonyl (C=O) groups excluding carboxylic acids is 1. The molecule has 1 atom stereocenters. The summed E-state index contributed by atoms with van der Waals surface area (Å²) in [4.78, 5) is 16.7. The van der Waals surface area contributed by atoms with Gasteiger partial charge in [0, 0.05) is 51.5 Å². The third-order valence-corrected chi connectivity index (χ3v) is 4.70. The van der Waals surface area contributed by atoms with E-state index in [0.717, 1.165) is 38.3 Å². The molecule has 0 radical (unpaired) electrons. The van der Waals surface area contributed by atoms with Gasteiger partial charge >= 0.3 is 6.03 Å². The lowest BCUT2D eigenvalue weighted by molar-refractivity contribution is 0.145. The Hall–Kier alpha value is -2.60. The summed E-state index contributed by atoms with van der Waals surface area (Å²) in [5.41, 5.74) is 2.24. The molecule has 1 saturated heterocycles. The molecule has 3 rings (SSSR count). The number of aryl methyl sites for hydroxylation is 1. The fourth-order valence-corrected chi connectivity index (χ4v) is 3.06. The number of nitrogens with one attached hydrogen (secondary N) is 1. The van der Waals surface area contributed by atoms with Gasteiger partial charge in [0.05, 0.1) is 12.2 Å². The third-order valence-electron chi connectivity index (χ3n) is 4.70. The molecular formula is C20H27N5O. The van der Waals surface area contributed by atoms with E-state index in [0.29, 0.717) is 0 Å². The lowest BCUT2D eigenvalue weighted by atomic mass is 10.2. The summed E-state index contributed by atoms with van der Waals surface area (Å²) < 4.78 is 1.75. The van der Waals surface area contributed by atoms with E-state index in [4.69, 9.17) is 0 Å². The maximum atomic E-state index is 12.4. The largest absolute Gasteiger partial charge is 0.331 e. The van der Waals surface area contributed by atoms with Crippen molar-refractivity contribution < 1.29 is 4.79 Å². The molecule has 2 aromatic rings. The maximum absolute atomic E-state index is 12.4. The van der Waals surface area contributed by atoms with Gasteiger partial charge < -0.3 is 10.2 Å². The van der Waals surface area contributed by atoms with Crippen molar-refractivity contribution >= 4 is 12.1 Å². The van der Waals surface area contributed by atoms with Gasteiger partial charge in [-0.3, -0.25) is 9.58 Å². The van der Waals surface area contributed by atoms with Crippen molar-refractivity contribution in [3.05, 3.63) is 59.9 Å². The highest BCUT2D eigenvalue weighted by molar-refractivity contribution is 5.74. The monoisotopic (exact) mass is 353 g/mol. The Morgan fingerprint density at radius 3 is 2.62 bits per heavy atom. The van der Waals surface area contributed by atoms with Gasteiger partial charge in [0.25, 0.3) is 0 Å². The number of hydrogen-bond donors (Lipinski definition) is 1. The Kier molecular flexibility index (Phi) is 6.07. The van der Waals surface area contributed by atoms with Crippen molar-refractivity contribution in [2.24, 2.45) is 7.05 Å². The van der Waals surface area contributed by atoms with Crippen LogP contribution in [0.2, 0.25) is 0 Å². The first kappa shape index (κ1) is 18.2. The predicted molar refractivity (Wildman–Crippen MR) is 104 cm³/mol. The minimum Gasteiger partial charge on any atom is -0.331 e. The van der Waals surface area contributed by atoms with Gasteiger partial charge in [-0.1, -0.05) is 42.5 Å². The molecule has 1 fully saturated rings. The summed E-state index contributed by atoms with van der Waals surface area (Å²) in [5.74, 6) is 0. The van der Waals surface area contributed by atoms with Crippen LogP contribution in [-0.2, 0) is 7.05 Å². The number of amides is 2. The summed E-state index contributed by atoms with van der Waals surface area (Å²) in [6.07, 6.45) is 8.06. The summed E-state index contributed by atoms with van der Waals surface area (Å²) >= 11 is 0. The summed E-state index contributed by atoms with van der Waals surface area (Å²) in [7, 11) is 1.88. The van der Waals surface area contributed by atoms with E-state index in [1.54, 1.807) is 10.9 Å². The normalized spacial score (nSPS) is 16.8. The molecule has 1 aromatic heterocycles. The topological polar surface area (TPSA) is 53.4 Å².